The van der Waals surface area contributed by atoms with Gasteiger partial charge in [0.05, 0.1) is 7.11 Å². The minimum atomic E-state index is 0.172. The Kier molecular flexibility index (Phi) is 3.19. The molecule has 0 radical (unpaired) electrons. The highest BCUT2D eigenvalue weighted by atomic mass is 32.1. The third-order valence-corrected chi connectivity index (χ3v) is 6.61. The van der Waals surface area contributed by atoms with E-state index in [9.17, 15) is 4.79 Å². The van der Waals surface area contributed by atoms with Crippen molar-refractivity contribution in [1.29, 1.82) is 0 Å². The summed E-state index contributed by atoms with van der Waals surface area (Å²) in [5, 5.41) is 3.27. The largest absolute Gasteiger partial charge is 0.496 e. The highest BCUT2D eigenvalue weighted by Gasteiger charge is 2.46. The molecule has 4 rings (SSSR count). The van der Waals surface area contributed by atoms with Crippen LogP contribution in [0.2, 0.25) is 0 Å². The Morgan fingerprint density at radius 1 is 1.36 bits per heavy atom. The van der Waals surface area contributed by atoms with Crippen LogP contribution in [0, 0.1) is 18.8 Å². The van der Waals surface area contributed by atoms with Gasteiger partial charge < -0.3 is 9.64 Å². The SMILES string of the molecule is COc1cc(C(=O)N2CC3CCC2[C@@H]3C)cc2scc(C)c12. The summed E-state index contributed by atoms with van der Waals surface area (Å²) in [4.78, 5) is 15.1. The van der Waals surface area contributed by atoms with Gasteiger partial charge in [-0.15, -0.1) is 11.3 Å². The Hall–Kier alpha value is -1.55. The molecule has 2 heterocycles. The number of ether oxygens (including phenoxy) is 1. The second-order valence-electron chi connectivity index (χ2n) is 6.69. The molecule has 22 heavy (non-hydrogen) atoms. The van der Waals surface area contributed by atoms with Gasteiger partial charge in [-0.1, -0.05) is 6.92 Å². The van der Waals surface area contributed by atoms with Crippen LogP contribution >= 0.6 is 11.3 Å². The number of amides is 1. The van der Waals surface area contributed by atoms with E-state index in [-0.39, 0.29) is 5.91 Å². The Morgan fingerprint density at radius 3 is 2.82 bits per heavy atom. The van der Waals surface area contributed by atoms with Crippen LogP contribution in [0.25, 0.3) is 10.1 Å². The number of hydrogen-bond acceptors (Lipinski definition) is 3. The van der Waals surface area contributed by atoms with Gasteiger partial charge in [0.15, 0.2) is 0 Å². The van der Waals surface area contributed by atoms with Crippen LogP contribution < -0.4 is 4.74 Å². The van der Waals surface area contributed by atoms with E-state index in [2.05, 4.69) is 24.1 Å². The number of nitrogens with zero attached hydrogens (tertiary/aromatic N) is 1. The van der Waals surface area contributed by atoms with Crippen molar-refractivity contribution in [2.75, 3.05) is 13.7 Å². The fourth-order valence-electron chi connectivity index (χ4n) is 4.28. The lowest BCUT2D eigenvalue weighted by molar-refractivity contribution is 0.0696. The number of fused-ring (bicyclic) bond motifs is 3. The zero-order chi connectivity index (χ0) is 15.4. The minimum absolute atomic E-state index is 0.172. The maximum absolute atomic E-state index is 13.0. The number of likely N-dealkylation sites (tertiary alicyclic amines) is 1. The monoisotopic (exact) mass is 315 g/mol. The van der Waals surface area contributed by atoms with E-state index in [1.165, 1.54) is 12.0 Å². The van der Waals surface area contributed by atoms with Crippen molar-refractivity contribution < 1.29 is 9.53 Å². The standard InChI is InChI=1S/C18H21NO2S/c1-10-9-22-16-7-13(6-15(21-3)17(10)16)18(20)19-8-12-4-5-14(19)11(12)2/h6-7,9,11-12,14H,4-5,8H2,1-3H3/t11-,12?,14?/m1/s1. The summed E-state index contributed by atoms with van der Waals surface area (Å²) in [7, 11) is 1.68. The van der Waals surface area contributed by atoms with Gasteiger partial charge in [-0.25, -0.2) is 0 Å². The van der Waals surface area contributed by atoms with Gasteiger partial charge in [0.2, 0.25) is 0 Å². The molecular formula is C18H21NO2S. The number of aryl methyl sites for hydroxylation is 1. The zero-order valence-corrected chi connectivity index (χ0v) is 14.1. The number of methoxy groups -OCH3 is 1. The maximum Gasteiger partial charge on any atom is 0.254 e. The molecule has 2 bridgehead atoms. The molecule has 1 saturated heterocycles. The lowest BCUT2D eigenvalue weighted by Crippen LogP contribution is -2.38. The Labute approximate surface area is 134 Å². The molecule has 1 aromatic carbocycles. The lowest BCUT2D eigenvalue weighted by Gasteiger charge is -2.27. The van der Waals surface area contributed by atoms with Gasteiger partial charge >= 0.3 is 0 Å². The van der Waals surface area contributed by atoms with Crippen LogP contribution in [-0.4, -0.2) is 30.5 Å². The molecule has 2 unspecified atom stereocenters. The number of benzene rings is 1. The number of hydrogen-bond donors (Lipinski definition) is 0. The summed E-state index contributed by atoms with van der Waals surface area (Å²) in [6.45, 7) is 5.31. The first-order valence-electron chi connectivity index (χ1n) is 7.97. The van der Waals surface area contributed by atoms with Crippen LogP contribution in [0.4, 0.5) is 0 Å². The summed E-state index contributed by atoms with van der Waals surface area (Å²) in [6, 6.07) is 4.39. The summed E-state index contributed by atoms with van der Waals surface area (Å²) < 4.78 is 6.68. The second kappa shape index (κ2) is 4.98. The number of rotatable bonds is 2. The van der Waals surface area contributed by atoms with Crippen molar-refractivity contribution in [1.82, 2.24) is 4.90 Å². The van der Waals surface area contributed by atoms with Gasteiger partial charge in [-0.05, 0) is 54.7 Å². The fraction of sp³-hybridized carbons (Fsp3) is 0.500. The van der Waals surface area contributed by atoms with Crippen molar-refractivity contribution in [3.63, 3.8) is 0 Å². The number of piperidine rings is 1. The van der Waals surface area contributed by atoms with E-state index in [0.29, 0.717) is 17.9 Å². The average molecular weight is 315 g/mol. The highest BCUT2D eigenvalue weighted by molar-refractivity contribution is 7.17. The molecule has 2 aliphatic rings. The third kappa shape index (κ3) is 1.89. The minimum Gasteiger partial charge on any atom is -0.496 e. The van der Waals surface area contributed by atoms with E-state index < -0.39 is 0 Å². The highest BCUT2D eigenvalue weighted by Crippen LogP contribution is 2.43. The van der Waals surface area contributed by atoms with Gasteiger partial charge in [0.25, 0.3) is 5.91 Å². The molecular weight excluding hydrogens is 294 g/mol. The Morgan fingerprint density at radius 2 is 2.18 bits per heavy atom. The van der Waals surface area contributed by atoms with Crippen LogP contribution in [0.5, 0.6) is 5.75 Å². The maximum atomic E-state index is 13.0. The first kappa shape index (κ1) is 14.1. The summed E-state index contributed by atoms with van der Waals surface area (Å²) in [5.74, 6) is 2.34. The third-order valence-electron chi connectivity index (χ3n) is 5.57. The molecule has 0 spiro atoms. The van der Waals surface area contributed by atoms with Crippen LogP contribution in [0.15, 0.2) is 17.5 Å². The predicted octanol–water partition coefficient (Wildman–Crippen LogP) is 4.09. The van der Waals surface area contributed by atoms with E-state index in [1.807, 2.05) is 12.1 Å². The van der Waals surface area contributed by atoms with Gasteiger partial charge in [-0.2, -0.15) is 0 Å². The first-order valence-corrected chi connectivity index (χ1v) is 8.85. The smallest absolute Gasteiger partial charge is 0.254 e. The van der Waals surface area contributed by atoms with E-state index >= 15 is 0 Å². The predicted molar refractivity (Wildman–Crippen MR) is 89.8 cm³/mol. The van der Waals surface area contributed by atoms with Crippen molar-refractivity contribution in [2.45, 2.75) is 32.7 Å². The molecule has 4 heteroatoms. The van der Waals surface area contributed by atoms with Crippen molar-refractivity contribution in [2.24, 2.45) is 11.8 Å². The number of carbonyl (C=O) groups is 1. The molecule has 1 aliphatic heterocycles. The molecule has 1 aromatic heterocycles. The molecule has 0 N–H and O–H groups in total. The van der Waals surface area contributed by atoms with Crippen LogP contribution in [0.1, 0.15) is 35.7 Å². The Bertz CT molecular complexity index is 751. The topological polar surface area (TPSA) is 29.5 Å². The fourth-order valence-corrected chi connectivity index (χ4v) is 5.27. The quantitative estimate of drug-likeness (QED) is 0.835. The molecule has 2 aromatic rings. The van der Waals surface area contributed by atoms with Crippen LogP contribution in [0.3, 0.4) is 0 Å². The lowest BCUT2D eigenvalue weighted by atomic mass is 10.0. The van der Waals surface area contributed by atoms with Crippen molar-refractivity contribution in [3.05, 3.63) is 28.6 Å². The molecule has 1 amide bonds. The number of thiophene rings is 1. The number of carbonyl (C=O) groups excluding carboxylic acids is 1. The van der Waals surface area contributed by atoms with E-state index in [1.54, 1.807) is 18.4 Å². The van der Waals surface area contributed by atoms with Crippen molar-refractivity contribution >= 4 is 27.3 Å². The summed E-state index contributed by atoms with van der Waals surface area (Å²) >= 11 is 1.68. The first-order chi connectivity index (χ1) is 10.6. The zero-order valence-electron chi connectivity index (χ0n) is 13.3. The molecule has 1 saturated carbocycles. The molecule has 116 valence electrons. The summed E-state index contributed by atoms with van der Waals surface area (Å²) in [5.41, 5.74) is 1.98. The van der Waals surface area contributed by atoms with Gasteiger partial charge in [0.1, 0.15) is 5.75 Å². The molecule has 2 fully saturated rings. The molecule has 3 nitrogen and oxygen atoms in total. The average Bonchev–Trinajstić information content (AvgIpc) is 3.19. The van der Waals surface area contributed by atoms with Gasteiger partial charge in [-0.3, -0.25) is 4.79 Å². The van der Waals surface area contributed by atoms with Gasteiger partial charge in [0, 0.05) is 28.2 Å². The Balaban J connectivity index is 1.73. The second-order valence-corrected chi connectivity index (χ2v) is 7.60. The summed E-state index contributed by atoms with van der Waals surface area (Å²) in [6.07, 6.45) is 2.44. The van der Waals surface area contributed by atoms with E-state index in [4.69, 9.17) is 4.74 Å². The van der Waals surface area contributed by atoms with Crippen molar-refractivity contribution in [3.8, 4) is 5.75 Å². The molecule has 3 atom stereocenters. The normalized spacial score (nSPS) is 26.9. The van der Waals surface area contributed by atoms with E-state index in [0.717, 1.165) is 34.4 Å². The molecule has 1 aliphatic carbocycles. The van der Waals surface area contributed by atoms with Crippen LogP contribution in [-0.2, 0) is 0 Å².